The lowest BCUT2D eigenvalue weighted by Gasteiger charge is -2.27. The zero-order valence-corrected chi connectivity index (χ0v) is 15.9. The van der Waals surface area contributed by atoms with Gasteiger partial charge in [-0.25, -0.2) is 4.98 Å². The number of para-hydroxylation sites is 1. The fourth-order valence-corrected chi connectivity index (χ4v) is 4.80. The average Bonchev–Trinajstić information content (AvgIpc) is 3.11. The van der Waals surface area contributed by atoms with Crippen LogP contribution >= 0.6 is 34.7 Å². The second kappa shape index (κ2) is 6.26. The average molecular weight is 401 g/mol. The minimum atomic E-state index is 0.137. The Labute approximate surface area is 162 Å². The normalized spacial score (nSPS) is 15.3. The number of halogens is 1. The number of hydrogen-bond donors (Lipinski definition) is 1. The summed E-state index contributed by atoms with van der Waals surface area (Å²) in [5.41, 5.74) is 2.27. The third-order valence-electron chi connectivity index (χ3n) is 4.42. The Morgan fingerprint density at radius 1 is 1.15 bits per heavy atom. The number of thioether (sulfide) groups is 1. The predicted octanol–water partition coefficient (Wildman–Crippen LogP) is 6.31. The molecule has 2 aromatic heterocycles. The van der Waals surface area contributed by atoms with E-state index in [0.29, 0.717) is 15.8 Å². The molecule has 1 saturated heterocycles. The summed E-state index contributed by atoms with van der Waals surface area (Å²) < 4.78 is 3.00. The van der Waals surface area contributed by atoms with Gasteiger partial charge in [-0.1, -0.05) is 35.1 Å². The molecule has 1 aliphatic heterocycles. The van der Waals surface area contributed by atoms with E-state index in [4.69, 9.17) is 11.6 Å². The number of azo groups is 1. The Kier molecular flexibility index (Phi) is 3.88. The highest BCUT2D eigenvalue weighted by atomic mass is 35.5. The standard InChI is InChI=1S/C18H13ClN4OS2/c19-10-5-6-14-12(7-10)16(17(24)23(14)11-8-25-9-11)21-22-18-20-13-3-1-2-4-15(13)26-18/h1-7,11,24H,8-9H2. The molecule has 130 valence electrons. The first-order valence-electron chi connectivity index (χ1n) is 8.08. The van der Waals surface area contributed by atoms with Crippen molar-refractivity contribution < 1.29 is 5.11 Å². The minimum Gasteiger partial charge on any atom is -0.493 e. The van der Waals surface area contributed by atoms with Crippen LogP contribution in [0, 0.1) is 0 Å². The van der Waals surface area contributed by atoms with E-state index in [1.807, 2.05) is 58.8 Å². The highest BCUT2D eigenvalue weighted by Gasteiger charge is 2.27. The van der Waals surface area contributed by atoms with Crippen molar-refractivity contribution in [3.05, 3.63) is 47.5 Å². The monoisotopic (exact) mass is 400 g/mol. The second-order valence-electron chi connectivity index (χ2n) is 6.06. The van der Waals surface area contributed by atoms with E-state index in [9.17, 15) is 5.11 Å². The SMILES string of the molecule is Oc1c(N=Nc2nc3ccccc3s2)c2cc(Cl)ccc2n1C1CSC1. The fourth-order valence-electron chi connectivity index (χ4n) is 3.09. The highest BCUT2D eigenvalue weighted by Crippen LogP contribution is 2.45. The molecule has 5 nitrogen and oxygen atoms in total. The van der Waals surface area contributed by atoms with Crippen molar-refractivity contribution in [2.24, 2.45) is 10.2 Å². The largest absolute Gasteiger partial charge is 0.493 e. The molecule has 0 radical (unpaired) electrons. The van der Waals surface area contributed by atoms with Crippen molar-refractivity contribution in [1.82, 2.24) is 9.55 Å². The smallest absolute Gasteiger partial charge is 0.231 e. The first-order valence-corrected chi connectivity index (χ1v) is 10.4. The van der Waals surface area contributed by atoms with Gasteiger partial charge in [-0.15, -0.1) is 10.2 Å². The van der Waals surface area contributed by atoms with Crippen LogP contribution in [-0.4, -0.2) is 26.2 Å². The van der Waals surface area contributed by atoms with E-state index >= 15 is 0 Å². The first-order chi connectivity index (χ1) is 12.7. The number of hydrogen-bond acceptors (Lipinski definition) is 6. The summed E-state index contributed by atoms with van der Waals surface area (Å²) in [6.07, 6.45) is 0. The van der Waals surface area contributed by atoms with Gasteiger partial charge in [-0.2, -0.15) is 11.8 Å². The molecule has 0 amide bonds. The molecule has 0 saturated carbocycles. The zero-order chi connectivity index (χ0) is 17.7. The molecule has 0 aliphatic carbocycles. The van der Waals surface area contributed by atoms with E-state index in [-0.39, 0.29) is 11.9 Å². The number of aromatic hydroxyl groups is 1. The zero-order valence-electron chi connectivity index (χ0n) is 13.5. The van der Waals surface area contributed by atoms with Crippen molar-refractivity contribution in [2.45, 2.75) is 6.04 Å². The molecule has 1 fully saturated rings. The Morgan fingerprint density at radius 2 is 2.00 bits per heavy atom. The number of benzene rings is 2. The van der Waals surface area contributed by atoms with Crippen LogP contribution in [0.5, 0.6) is 5.88 Å². The fraction of sp³-hybridized carbons (Fsp3) is 0.167. The van der Waals surface area contributed by atoms with Crippen molar-refractivity contribution in [3.63, 3.8) is 0 Å². The Bertz CT molecular complexity index is 1130. The van der Waals surface area contributed by atoms with Gasteiger partial charge in [0.1, 0.15) is 0 Å². The van der Waals surface area contributed by atoms with E-state index in [1.165, 1.54) is 11.3 Å². The maximum absolute atomic E-state index is 10.8. The Balaban J connectivity index is 1.63. The van der Waals surface area contributed by atoms with Gasteiger partial charge in [-0.05, 0) is 30.3 Å². The van der Waals surface area contributed by atoms with Crippen LogP contribution in [0.3, 0.4) is 0 Å². The molecule has 0 unspecified atom stereocenters. The van der Waals surface area contributed by atoms with Gasteiger partial charge >= 0.3 is 0 Å². The van der Waals surface area contributed by atoms with Gasteiger partial charge in [0.25, 0.3) is 0 Å². The lowest BCUT2D eigenvalue weighted by Crippen LogP contribution is -2.22. The van der Waals surface area contributed by atoms with Crippen LogP contribution < -0.4 is 0 Å². The quantitative estimate of drug-likeness (QED) is 0.409. The lowest BCUT2D eigenvalue weighted by atomic mass is 10.2. The van der Waals surface area contributed by atoms with Crippen molar-refractivity contribution >= 4 is 66.6 Å². The van der Waals surface area contributed by atoms with Crippen molar-refractivity contribution in [1.29, 1.82) is 0 Å². The van der Waals surface area contributed by atoms with Gasteiger partial charge in [0.2, 0.25) is 11.0 Å². The molecule has 0 atom stereocenters. The molecule has 4 aromatic rings. The summed E-state index contributed by atoms with van der Waals surface area (Å²) in [5, 5.41) is 21.4. The summed E-state index contributed by atoms with van der Waals surface area (Å²) in [6.45, 7) is 0. The third-order valence-corrected chi connectivity index (χ3v) is 6.81. The highest BCUT2D eigenvalue weighted by molar-refractivity contribution is 8.00. The topological polar surface area (TPSA) is 62.8 Å². The molecule has 26 heavy (non-hydrogen) atoms. The van der Waals surface area contributed by atoms with Crippen LogP contribution in [-0.2, 0) is 0 Å². The summed E-state index contributed by atoms with van der Waals surface area (Å²) in [4.78, 5) is 4.46. The number of aromatic nitrogens is 2. The molecule has 8 heteroatoms. The molecule has 1 N–H and O–H groups in total. The van der Waals surface area contributed by atoms with E-state index in [1.54, 1.807) is 0 Å². The second-order valence-corrected chi connectivity index (χ2v) is 8.58. The van der Waals surface area contributed by atoms with Gasteiger partial charge in [0, 0.05) is 21.9 Å². The van der Waals surface area contributed by atoms with Crippen LogP contribution in [0.4, 0.5) is 10.8 Å². The van der Waals surface area contributed by atoms with Gasteiger partial charge in [0.05, 0.1) is 21.8 Å². The molecule has 0 bridgehead atoms. The predicted molar refractivity (Wildman–Crippen MR) is 109 cm³/mol. The number of rotatable bonds is 3. The summed E-state index contributed by atoms with van der Waals surface area (Å²) in [5.74, 6) is 2.10. The molecular weight excluding hydrogens is 388 g/mol. The number of nitrogens with zero attached hydrogens (tertiary/aromatic N) is 4. The van der Waals surface area contributed by atoms with E-state index < -0.39 is 0 Å². The van der Waals surface area contributed by atoms with Crippen LogP contribution in [0.15, 0.2) is 52.7 Å². The molecule has 1 aliphatic rings. The maximum Gasteiger partial charge on any atom is 0.231 e. The summed E-state index contributed by atoms with van der Waals surface area (Å²) in [7, 11) is 0. The first kappa shape index (κ1) is 16.1. The van der Waals surface area contributed by atoms with Crippen molar-refractivity contribution in [3.8, 4) is 5.88 Å². The van der Waals surface area contributed by atoms with Crippen LogP contribution in [0.2, 0.25) is 5.02 Å². The Morgan fingerprint density at radius 3 is 2.77 bits per heavy atom. The maximum atomic E-state index is 10.8. The molecule has 0 spiro atoms. The molecule has 2 aromatic carbocycles. The van der Waals surface area contributed by atoms with Crippen molar-refractivity contribution in [2.75, 3.05) is 11.5 Å². The van der Waals surface area contributed by atoms with Gasteiger partial charge in [0.15, 0.2) is 5.69 Å². The minimum absolute atomic E-state index is 0.137. The molecular formula is C18H13ClN4OS2. The van der Waals surface area contributed by atoms with E-state index in [2.05, 4.69) is 15.2 Å². The summed E-state index contributed by atoms with van der Waals surface area (Å²) >= 11 is 9.50. The lowest BCUT2D eigenvalue weighted by molar-refractivity contribution is 0.406. The van der Waals surface area contributed by atoms with Gasteiger partial charge < -0.3 is 9.67 Å². The molecule has 5 rings (SSSR count). The van der Waals surface area contributed by atoms with Gasteiger partial charge in [-0.3, -0.25) is 0 Å². The number of fused-ring (bicyclic) bond motifs is 2. The third kappa shape index (κ3) is 2.58. The van der Waals surface area contributed by atoms with E-state index in [0.717, 1.165) is 32.6 Å². The summed E-state index contributed by atoms with van der Waals surface area (Å²) in [6, 6.07) is 13.7. The Hall–Kier alpha value is -2.09. The van der Waals surface area contributed by atoms with Crippen LogP contribution in [0.1, 0.15) is 6.04 Å². The molecule has 3 heterocycles. The van der Waals surface area contributed by atoms with Crippen LogP contribution in [0.25, 0.3) is 21.1 Å². The number of thiazole rings is 1.